The first-order valence-corrected chi connectivity index (χ1v) is 6.09. The molecule has 1 aromatic carbocycles. The molecule has 5 heteroatoms. The average Bonchev–Trinajstić information content (AvgIpc) is 2.28. The van der Waals surface area contributed by atoms with Gasteiger partial charge in [-0.25, -0.2) is 4.39 Å². The van der Waals surface area contributed by atoms with Gasteiger partial charge in [-0.2, -0.15) is 0 Å². The lowest BCUT2D eigenvalue weighted by atomic mass is 10.1. The molecule has 0 fully saturated rings. The summed E-state index contributed by atoms with van der Waals surface area (Å²) in [6.07, 6.45) is 0. The predicted octanol–water partition coefficient (Wildman–Crippen LogP) is 2.27. The fourth-order valence-corrected chi connectivity index (χ4v) is 1.76. The Morgan fingerprint density at radius 2 is 2.11 bits per heavy atom. The fourth-order valence-electron chi connectivity index (χ4n) is 1.62. The smallest absolute Gasteiger partial charge is 0.257 e. The van der Waals surface area contributed by atoms with E-state index in [4.69, 9.17) is 18.0 Å². The minimum absolute atomic E-state index is 0.0555. The van der Waals surface area contributed by atoms with Crippen molar-refractivity contribution in [2.45, 2.75) is 26.8 Å². The summed E-state index contributed by atoms with van der Waals surface area (Å²) in [4.78, 5) is 13.9. The van der Waals surface area contributed by atoms with Crippen molar-refractivity contribution in [3.8, 4) is 0 Å². The first kappa shape index (κ1) is 14.6. The molecule has 0 aromatic heterocycles. The maximum Gasteiger partial charge on any atom is 0.257 e. The Morgan fingerprint density at radius 3 is 2.61 bits per heavy atom. The molecule has 3 nitrogen and oxygen atoms in total. The normalized spacial score (nSPS) is 10.5. The third-order valence-corrected chi connectivity index (χ3v) is 2.76. The van der Waals surface area contributed by atoms with Crippen LogP contribution in [0, 0.1) is 12.7 Å². The molecule has 0 radical (unpaired) electrons. The van der Waals surface area contributed by atoms with E-state index in [1.807, 2.05) is 13.8 Å². The van der Waals surface area contributed by atoms with E-state index >= 15 is 0 Å². The highest BCUT2D eigenvalue weighted by Crippen LogP contribution is 2.15. The summed E-state index contributed by atoms with van der Waals surface area (Å²) < 4.78 is 13.9. The molecule has 1 amide bonds. The van der Waals surface area contributed by atoms with Gasteiger partial charge in [0.05, 0.1) is 17.1 Å². The Bertz CT molecular complexity index is 474. The molecule has 0 spiro atoms. The van der Waals surface area contributed by atoms with Crippen molar-refractivity contribution in [2.75, 3.05) is 6.54 Å². The molecular weight excluding hydrogens is 251 g/mol. The SMILES string of the molecule is Cc1cccc(C(=O)N(CC(N)=S)C(C)C)c1F. The summed E-state index contributed by atoms with van der Waals surface area (Å²) in [6, 6.07) is 4.66. The van der Waals surface area contributed by atoms with Crippen LogP contribution in [0.3, 0.4) is 0 Å². The van der Waals surface area contributed by atoms with Gasteiger partial charge in [0, 0.05) is 6.04 Å². The standard InChI is InChI=1S/C13H17FN2OS/c1-8(2)16(7-11(15)18)13(17)10-6-4-5-9(3)12(10)14/h4-6,8H,7H2,1-3H3,(H2,15,18). The van der Waals surface area contributed by atoms with Crippen LogP contribution < -0.4 is 5.73 Å². The fraction of sp³-hybridized carbons (Fsp3) is 0.385. The Hall–Kier alpha value is -1.49. The molecule has 0 aliphatic rings. The molecule has 1 aromatic rings. The summed E-state index contributed by atoms with van der Waals surface area (Å²) in [5.74, 6) is -0.880. The van der Waals surface area contributed by atoms with E-state index in [0.717, 1.165) is 0 Å². The number of thiocarbonyl (C=S) groups is 1. The number of carbonyl (C=O) groups excluding carboxylic acids is 1. The summed E-state index contributed by atoms with van der Waals surface area (Å²) in [5, 5.41) is 0. The van der Waals surface area contributed by atoms with Crippen LogP contribution in [-0.2, 0) is 0 Å². The van der Waals surface area contributed by atoms with E-state index in [-0.39, 0.29) is 29.0 Å². The van der Waals surface area contributed by atoms with Crippen molar-refractivity contribution in [2.24, 2.45) is 5.73 Å². The molecule has 0 bridgehead atoms. The molecule has 0 aliphatic heterocycles. The molecule has 0 heterocycles. The van der Waals surface area contributed by atoms with Crippen LogP contribution in [0.2, 0.25) is 0 Å². The highest BCUT2D eigenvalue weighted by molar-refractivity contribution is 7.80. The van der Waals surface area contributed by atoms with Gasteiger partial charge < -0.3 is 10.6 Å². The van der Waals surface area contributed by atoms with Gasteiger partial charge in [-0.1, -0.05) is 24.4 Å². The van der Waals surface area contributed by atoms with Crippen LogP contribution in [-0.4, -0.2) is 28.4 Å². The van der Waals surface area contributed by atoms with Crippen LogP contribution in [0.25, 0.3) is 0 Å². The number of halogens is 1. The second-order valence-electron chi connectivity index (χ2n) is 4.43. The molecule has 98 valence electrons. The van der Waals surface area contributed by atoms with Gasteiger partial charge in [0.2, 0.25) is 0 Å². The van der Waals surface area contributed by atoms with E-state index in [1.54, 1.807) is 19.1 Å². The molecule has 1 rings (SSSR count). The third kappa shape index (κ3) is 3.26. The average molecular weight is 268 g/mol. The Morgan fingerprint density at radius 1 is 1.50 bits per heavy atom. The molecule has 0 saturated carbocycles. The molecule has 18 heavy (non-hydrogen) atoms. The lowest BCUT2D eigenvalue weighted by Crippen LogP contribution is -2.42. The van der Waals surface area contributed by atoms with Crippen molar-refractivity contribution in [3.63, 3.8) is 0 Å². The van der Waals surface area contributed by atoms with Gasteiger partial charge >= 0.3 is 0 Å². The van der Waals surface area contributed by atoms with Gasteiger partial charge in [0.15, 0.2) is 0 Å². The van der Waals surface area contributed by atoms with E-state index in [2.05, 4.69) is 0 Å². The zero-order chi connectivity index (χ0) is 13.9. The maximum absolute atomic E-state index is 13.9. The number of rotatable bonds is 4. The number of nitrogens with two attached hydrogens (primary N) is 1. The number of aryl methyl sites for hydroxylation is 1. The van der Waals surface area contributed by atoms with E-state index in [9.17, 15) is 9.18 Å². The zero-order valence-electron chi connectivity index (χ0n) is 10.7. The van der Waals surface area contributed by atoms with Crippen molar-refractivity contribution >= 4 is 23.1 Å². The molecule has 0 unspecified atom stereocenters. The highest BCUT2D eigenvalue weighted by Gasteiger charge is 2.22. The minimum Gasteiger partial charge on any atom is -0.392 e. The molecule has 0 atom stereocenters. The Labute approximate surface area is 112 Å². The minimum atomic E-state index is -0.490. The monoisotopic (exact) mass is 268 g/mol. The largest absolute Gasteiger partial charge is 0.392 e. The molecule has 0 aliphatic carbocycles. The van der Waals surface area contributed by atoms with Gasteiger partial charge in [0.1, 0.15) is 5.82 Å². The first-order valence-electron chi connectivity index (χ1n) is 5.69. The third-order valence-electron chi connectivity index (χ3n) is 2.63. The quantitative estimate of drug-likeness (QED) is 0.852. The van der Waals surface area contributed by atoms with Crippen molar-refractivity contribution < 1.29 is 9.18 Å². The van der Waals surface area contributed by atoms with Crippen LogP contribution in [0.5, 0.6) is 0 Å². The van der Waals surface area contributed by atoms with Crippen LogP contribution in [0.4, 0.5) is 4.39 Å². The van der Waals surface area contributed by atoms with Crippen LogP contribution in [0.1, 0.15) is 29.8 Å². The number of nitrogens with zero attached hydrogens (tertiary/aromatic N) is 1. The second-order valence-corrected chi connectivity index (χ2v) is 4.95. The Balaban J connectivity index is 3.10. The van der Waals surface area contributed by atoms with Gasteiger partial charge in [-0.3, -0.25) is 4.79 Å². The predicted molar refractivity (Wildman–Crippen MR) is 74.1 cm³/mol. The van der Waals surface area contributed by atoms with Crippen molar-refractivity contribution in [1.82, 2.24) is 4.90 Å². The van der Waals surface area contributed by atoms with Gasteiger partial charge in [-0.05, 0) is 32.4 Å². The molecular formula is C13H17FN2OS. The van der Waals surface area contributed by atoms with Crippen molar-refractivity contribution in [1.29, 1.82) is 0 Å². The second kappa shape index (κ2) is 5.91. The zero-order valence-corrected chi connectivity index (χ0v) is 11.6. The lowest BCUT2D eigenvalue weighted by Gasteiger charge is -2.26. The maximum atomic E-state index is 13.9. The van der Waals surface area contributed by atoms with E-state index < -0.39 is 5.82 Å². The number of amides is 1. The van der Waals surface area contributed by atoms with E-state index in [1.165, 1.54) is 11.0 Å². The topological polar surface area (TPSA) is 46.3 Å². The van der Waals surface area contributed by atoms with Gasteiger partial charge in [-0.15, -0.1) is 0 Å². The van der Waals surface area contributed by atoms with E-state index in [0.29, 0.717) is 5.56 Å². The molecule has 2 N–H and O–H groups in total. The molecule has 0 saturated heterocycles. The van der Waals surface area contributed by atoms with Crippen LogP contribution >= 0.6 is 12.2 Å². The summed E-state index contributed by atoms with van der Waals surface area (Å²) in [7, 11) is 0. The Kier molecular flexibility index (Phi) is 4.78. The number of benzene rings is 1. The first-order chi connectivity index (χ1) is 8.34. The van der Waals surface area contributed by atoms with Crippen molar-refractivity contribution in [3.05, 3.63) is 35.1 Å². The number of hydrogen-bond donors (Lipinski definition) is 1. The number of carbonyl (C=O) groups is 1. The van der Waals surface area contributed by atoms with Gasteiger partial charge in [0.25, 0.3) is 5.91 Å². The highest BCUT2D eigenvalue weighted by atomic mass is 32.1. The van der Waals surface area contributed by atoms with Crippen LogP contribution in [0.15, 0.2) is 18.2 Å². The summed E-state index contributed by atoms with van der Waals surface area (Å²) in [5.41, 5.74) is 5.96. The lowest BCUT2D eigenvalue weighted by molar-refractivity contribution is 0.0731. The number of hydrogen-bond acceptors (Lipinski definition) is 2. The summed E-state index contributed by atoms with van der Waals surface area (Å²) in [6.45, 7) is 5.45. The summed E-state index contributed by atoms with van der Waals surface area (Å²) >= 11 is 4.81.